The van der Waals surface area contributed by atoms with Crippen LogP contribution in [0.4, 0.5) is 0 Å². The van der Waals surface area contributed by atoms with E-state index >= 15 is 0 Å². The molecule has 1 saturated heterocycles. The van der Waals surface area contributed by atoms with Crippen LogP contribution in [0, 0.1) is 11.8 Å². The third kappa shape index (κ3) is 3.98. The monoisotopic (exact) mass is 250 g/mol. The predicted octanol–water partition coefficient (Wildman–Crippen LogP) is 2.34. The van der Waals surface area contributed by atoms with Gasteiger partial charge in [-0.3, -0.25) is 4.79 Å². The van der Waals surface area contributed by atoms with Crippen LogP contribution in [-0.4, -0.2) is 29.9 Å². The molecule has 0 bridgehead atoms. The molecule has 0 radical (unpaired) electrons. The highest BCUT2D eigenvalue weighted by molar-refractivity contribution is 5.79. The fraction of sp³-hybridized carbons (Fsp3) is 0.667. The second-order valence-corrected chi connectivity index (χ2v) is 5.27. The Morgan fingerprint density at radius 3 is 2.22 bits per heavy atom. The molecule has 3 nitrogen and oxygen atoms in total. The highest BCUT2D eigenvalue weighted by atomic mass is 16.2. The summed E-state index contributed by atoms with van der Waals surface area (Å²) in [6.07, 6.45) is 7.16. The molecular formula is C15H26N2O. The summed E-state index contributed by atoms with van der Waals surface area (Å²) in [6, 6.07) is 0.236. The molecule has 1 aliphatic rings. The van der Waals surface area contributed by atoms with Gasteiger partial charge in [0.05, 0.1) is 0 Å². The number of carbonyl (C=O) groups excluding carboxylic acids is 1. The molecule has 1 heterocycles. The van der Waals surface area contributed by atoms with Crippen LogP contribution in [0.5, 0.6) is 0 Å². The molecule has 1 fully saturated rings. The van der Waals surface area contributed by atoms with E-state index in [0.29, 0.717) is 5.92 Å². The van der Waals surface area contributed by atoms with Crippen LogP contribution in [0.3, 0.4) is 0 Å². The summed E-state index contributed by atoms with van der Waals surface area (Å²) < 4.78 is 0. The van der Waals surface area contributed by atoms with Crippen molar-refractivity contribution < 1.29 is 4.79 Å². The van der Waals surface area contributed by atoms with Crippen molar-refractivity contribution in [3.05, 3.63) is 25.3 Å². The standard InChI is InChI=1S/C15H26N2O/c1-4-6-14(7-5-2)15(18)17-10-8-13(9-11-17)12(3)16/h4-5,12-14H,1-2,6-11,16H2,3H3. The fourth-order valence-corrected chi connectivity index (χ4v) is 2.60. The lowest BCUT2D eigenvalue weighted by atomic mass is 9.89. The third-order valence-electron chi connectivity index (χ3n) is 3.85. The van der Waals surface area contributed by atoms with Gasteiger partial charge in [0.2, 0.25) is 5.91 Å². The van der Waals surface area contributed by atoms with Crippen molar-refractivity contribution in [1.29, 1.82) is 0 Å². The Hall–Kier alpha value is -1.09. The maximum atomic E-state index is 12.4. The molecule has 1 atom stereocenters. The second kappa shape index (κ2) is 7.37. The molecule has 1 rings (SSSR count). The number of piperidine rings is 1. The van der Waals surface area contributed by atoms with Gasteiger partial charge in [0.15, 0.2) is 0 Å². The number of likely N-dealkylation sites (tertiary alicyclic amines) is 1. The largest absolute Gasteiger partial charge is 0.342 e. The molecule has 1 unspecified atom stereocenters. The Bertz CT molecular complexity index is 281. The van der Waals surface area contributed by atoms with Crippen LogP contribution in [0.25, 0.3) is 0 Å². The van der Waals surface area contributed by atoms with Crippen molar-refractivity contribution >= 4 is 5.91 Å². The summed E-state index contributed by atoms with van der Waals surface area (Å²) in [5, 5.41) is 0. The van der Waals surface area contributed by atoms with Gasteiger partial charge in [-0.05, 0) is 38.5 Å². The third-order valence-corrected chi connectivity index (χ3v) is 3.85. The van der Waals surface area contributed by atoms with E-state index < -0.39 is 0 Å². The van der Waals surface area contributed by atoms with E-state index in [1.54, 1.807) is 0 Å². The van der Waals surface area contributed by atoms with Gasteiger partial charge < -0.3 is 10.6 Å². The molecule has 0 aliphatic carbocycles. The lowest BCUT2D eigenvalue weighted by Gasteiger charge is -2.35. The Balaban J connectivity index is 2.51. The SMILES string of the molecule is C=CCC(CC=C)C(=O)N1CCC(C(C)N)CC1. The van der Waals surface area contributed by atoms with Crippen molar-refractivity contribution in [2.45, 2.75) is 38.6 Å². The highest BCUT2D eigenvalue weighted by Crippen LogP contribution is 2.22. The van der Waals surface area contributed by atoms with E-state index in [1.165, 1.54) is 0 Å². The molecule has 2 N–H and O–H groups in total. The first-order valence-corrected chi connectivity index (χ1v) is 6.86. The highest BCUT2D eigenvalue weighted by Gasteiger charge is 2.28. The molecule has 0 aromatic rings. The van der Waals surface area contributed by atoms with Gasteiger partial charge in [-0.2, -0.15) is 0 Å². The van der Waals surface area contributed by atoms with Crippen LogP contribution < -0.4 is 5.73 Å². The van der Waals surface area contributed by atoms with Crippen LogP contribution in [-0.2, 0) is 4.79 Å². The van der Waals surface area contributed by atoms with Crippen LogP contribution in [0.15, 0.2) is 25.3 Å². The van der Waals surface area contributed by atoms with Gasteiger partial charge >= 0.3 is 0 Å². The van der Waals surface area contributed by atoms with Crippen molar-refractivity contribution in [1.82, 2.24) is 4.90 Å². The number of rotatable bonds is 6. The van der Waals surface area contributed by atoms with E-state index in [1.807, 2.05) is 17.1 Å². The van der Waals surface area contributed by atoms with E-state index in [0.717, 1.165) is 38.8 Å². The molecule has 18 heavy (non-hydrogen) atoms. The molecule has 1 amide bonds. The van der Waals surface area contributed by atoms with E-state index in [-0.39, 0.29) is 17.9 Å². The normalized spacial score (nSPS) is 18.7. The van der Waals surface area contributed by atoms with E-state index in [9.17, 15) is 4.79 Å². The Kier molecular flexibility index (Phi) is 6.13. The predicted molar refractivity (Wildman–Crippen MR) is 76.1 cm³/mol. The lowest BCUT2D eigenvalue weighted by molar-refractivity contribution is -0.136. The Morgan fingerprint density at radius 2 is 1.83 bits per heavy atom. The molecule has 0 aromatic carbocycles. The molecule has 1 aliphatic heterocycles. The van der Waals surface area contributed by atoms with Crippen LogP contribution in [0.2, 0.25) is 0 Å². The zero-order chi connectivity index (χ0) is 13.5. The summed E-state index contributed by atoms with van der Waals surface area (Å²) in [7, 11) is 0. The maximum Gasteiger partial charge on any atom is 0.226 e. The zero-order valence-electron chi connectivity index (χ0n) is 11.5. The summed E-state index contributed by atoms with van der Waals surface area (Å²) >= 11 is 0. The van der Waals surface area contributed by atoms with Gasteiger partial charge in [-0.1, -0.05) is 12.2 Å². The van der Waals surface area contributed by atoms with Gasteiger partial charge in [0.1, 0.15) is 0 Å². The number of hydrogen-bond donors (Lipinski definition) is 1. The van der Waals surface area contributed by atoms with Crippen molar-refractivity contribution in [2.24, 2.45) is 17.6 Å². The minimum atomic E-state index is 0.0202. The second-order valence-electron chi connectivity index (χ2n) is 5.27. The van der Waals surface area contributed by atoms with Gasteiger partial charge in [-0.25, -0.2) is 0 Å². The van der Waals surface area contributed by atoms with E-state index in [4.69, 9.17) is 5.73 Å². The molecular weight excluding hydrogens is 224 g/mol. The first kappa shape index (κ1) is 15.0. The number of amides is 1. The average molecular weight is 250 g/mol. The summed E-state index contributed by atoms with van der Waals surface area (Å²) in [5.41, 5.74) is 5.91. The van der Waals surface area contributed by atoms with Crippen molar-refractivity contribution in [3.63, 3.8) is 0 Å². The summed E-state index contributed by atoms with van der Waals surface area (Å²) in [5.74, 6) is 0.830. The maximum absolute atomic E-state index is 12.4. The molecule has 0 spiro atoms. The van der Waals surface area contributed by atoms with Crippen LogP contribution >= 0.6 is 0 Å². The number of allylic oxidation sites excluding steroid dienone is 2. The summed E-state index contributed by atoms with van der Waals surface area (Å²) in [6.45, 7) is 11.2. The van der Waals surface area contributed by atoms with Gasteiger partial charge in [0, 0.05) is 25.0 Å². The molecule has 102 valence electrons. The van der Waals surface area contributed by atoms with E-state index in [2.05, 4.69) is 20.1 Å². The smallest absolute Gasteiger partial charge is 0.226 e. The first-order valence-electron chi connectivity index (χ1n) is 6.86. The quantitative estimate of drug-likeness (QED) is 0.735. The minimum absolute atomic E-state index is 0.0202. The number of nitrogens with two attached hydrogens (primary N) is 1. The number of hydrogen-bond acceptors (Lipinski definition) is 2. The first-order chi connectivity index (χ1) is 8.60. The fourth-order valence-electron chi connectivity index (χ4n) is 2.60. The Labute approximate surface area is 111 Å². The van der Waals surface area contributed by atoms with Gasteiger partial charge in [0.25, 0.3) is 0 Å². The van der Waals surface area contributed by atoms with Crippen LogP contribution in [0.1, 0.15) is 32.6 Å². The van der Waals surface area contributed by atoms with Crippen molar-refractivity contribution in [3.8, 4) is 0 Å². The topological polar surface area (TPSA) is 46.3 Å². The summed E-state index contributed by atoms with van der Waals surface area (Å²) in [4.78, 5) is 14.3. The molecule has 3 heteroatoms. The number of nitrogens with zero attached hydrogens (tertiary/aromatic N) is 1. The molecule has 0 saturated carbocycles. The Morgan fingerprint density at radius 1 is 1.33 bits per heavy atom. The lowest BCUT2D eigenvalue weighted by Crippen LogP contribution is -2.44. The minimum Gasteiger partial charge on any atom is -0.342 e. The number of carbonyl (C=O) groups is 1. The van der Waals surface area contributed by atoms with Gasteiger partial charge in [-0.15, -0.1) is 13.2 Å². The van der Waals surface area contributed by atoms with Crippen molar-refractivity contribution in [2.75, 3.05) is 13.1 Å². The zero-order valence-corrected chi connectivity index (χ0v) is 11.5. The average Bonchev–Trinajstić information content (AvgIpc) is 2.38. The molecule has 0 aromatic heterocycles.